The van der Waals surface area contributed by atoms with Crippen LogP contribution in [0.1, 0.15) is 17.3 Å². The van der Waals surface area contributed by atoms with Crippen LogP contribution in [-0.2, 0) is 9.59 Å². The van der Waals surface area contributed by atoms with Crippen LogP contribution in [0.15, 0.2) is 47.6 Å². The van der Waals surface area contributed by atoms with Crippen LogP contribution >= 0.6 is 0 Å². The first kappa shape index (κ1) is 20.4. The molecule has 0 saturated heterocycles. The molecule has 0 fully saturated rings. The van der Waals surface area contributed by atoms with E-state index < -0.39 is 17.7 Å². The molecule has 2 aromatic rings. The largest absolute Gasteiger partial charge is 0.495 e. The first-order valence-corrected chi connectivity index (χ1v) is 8.07. The van der Waals surface area contributed by atoms with E-state index in [4.69, 9.17) is 14.6 Å². The van der Waals surface area contributed by atoms with E-state index in [1.54, 1.807) is 24.3 Å². The number of benzene rings is 2. The van der Waals surface area contributed by atoms with Gasteiger partial charge in [0.05, 0.1) is 31.2 Å². The van der Waals surface area contributed by atoms with Gasteiger partial charge in [0.2, 0.25) is 0 Å². The highest BCUT2D eigenvalue weighted by Crippen LogP contribution is 2.26. The van der Waals surface area contributed by atoms with Gasteiger partial charge < -0.3 is 19.9 Å². The molecule has 3 N–H and O–H groups in total. The summed E-state index contributed by atoms with van der Waals surface area (Å²) in [5, 5.41) is 15.5. The lowest BCUT2D eigenvalue weighted by atomic mass is 10.2. The van der Waals surface area contributed by atoms with Crippen LogP contribution in [0.2, 0.25) is 0 Å². The zero-order valence-electron chi connectivity index (χ0n) is 15.5. The van der Waals surface area contributed by atoms with Gasteiger partial charge >= 0.3 is 5.97 Å². The van der Waals surface area contributed by atoms with Gasteiger partial charge in [0, 0.05) is 6.92 Å². The third-order valence-corrected chi connectivity index (χ3v) is 3.64. The van der Waals surface area contributed by atoms with Gasteiger partial charge in [-0.15, -0.1) is 0 Å². The Labute approximate surface area is 161 Å². The van der Waals surface area contributed by atoms with Gasteiger partial charge in [0.1, 0.15) is 11.5 Å². The zero-order chi connectivity index (χ0) is 20.7. The molecule has 0 saturated carbocycles. The molecule has 9 nitrogen and oxygen atoms in total. The molecule has 1 amide bonds. The van der Waals surface area contributed by atoms with Gasteiger partial charge in [-0.1, -0.05) is 12.1 Å². The molecule has 0 radical (unpaired) electrons. The Balaban J connectivity index is 2.26. The van der Waals surface area contributed by atoms with E-state index in [2.05, 4.69) is 15.8 Å². The fourth-order valence-corrected chi connectivity index (χ4v) is 2.25. The zero-order valence-corrected chi connectivity index (χ0v) is 15.5. The van der Waals surface area contributed by atoms with Crippen molar-refractivity contribution in [2.75, 3.05) is 25.0 Å². The molecule has 28 heavy (non-hydrogen) atoms. The smallest absolute Gasteiger partial charge is 0.335 e. The molecule has 0 spiro atoms. The second-order valence-corrected chi connectivity index (χ2v) is 5.50. The van der Waals surface area contributed by atoms with Crippen molar-refractivity contribution in [3.63, 3.8) is 0 Å². The highest BCUT2D eigenvalue weighted by Gasteiger charge is 2.19. The van der Waals surface area contributed by atoms with Crippen LogP contribution in [0.3, 0.4) is 0 Å². The minimum Gasteiger partial charge on any atom is -0.495 e. The lowest BCUT2D eigenvalue weighted by molar-refractivity contribution is -0.114. The average molecular weight is 385 g/mol. The number of nitrogens with zero attached hydrogens (tertiary/aromatic N) is 1. The van der Waals surface area contributed by atoms with Gasteiger partial charge in [-0.25, -0.2) is 4.79 Å². The van der Waals surface area contributed by atoms with Gasteiger partial charge in [-0.05, 0) is 30.3 Å². The van der Waals surface area contributed by atoms with Crippen LogP contribution in [0.25, 0.3) is 0 Å². The van der Waals surface area contributed by atoms with Crippen molar-refractivity contribution in [3.8, 4) is 11.5 Å². The standard InChI is InChI=1S/C19H19N3O6/c1-11(23)17(18(24)20-13-6-4-5-7-15(13)27-2)22-21-14-9-8-12(19(25)26)10-16(14)28-3/h4-10,21H,1-3H3,(H,20,24)(H,25,26)/b22-17-. The Bertz CT molecular complexity index is 939. The van der Waals surface area contributed by atoms with Crippen LogP contribution in [0, 0.1) is 0 Å². The van der Waals surface area contributed by atoms with E-state index in [9.17, 15) is 14.4 Å². The average Bonchev–Trinajstić information content (AvgIpc) is 2.68. The predicted octanol–water partition coefficient (Wildman–Crippen LogP) is 2.40. The second-order valence-electron chi connectivity index (χ2n) is 5.50. The van der Waals surface area contributed by atoms with Crippen molar-refractivity contribution in [2.24, 2.45) is 5.10 Å². The number of carbonyl (C=O) groups is 3. The number of ketones is 1. The number of carboxylic acid groups (broad SMARTS) is 1. The molecule has 0 aliphatic carbocycles. The molecule has 0 aromatic heterocycles. The number of anilines is 2. The molecule has 0 bridgehead atoms. The van der Waals surface area contributed by atoms with E-state index in [-0.39, 0.29) is 22.7 Å². The molecular weight excluding hydrogens is 366 g/mol. The minimum atomic E-state index is -1.12. The van der Waals surface area contributed by atoms with Crippen LogP contribution in [0.4, 0.5) is 11.4 Å². The number of ether oxygens (including phenoxy) is 2. The highest BCUT2D eigenvalue weighted by molar-refractivity contribution is 6.67. The predicted molar refractivity (Wildman–Crippen MR) is 103 cm³/mol. The third kappa shape index (κ3) is 4.85. The molecular formula is C19H19N3O6. The number of carboxylic acids is 1. The SMILES string of the molecule is COc1cc(C(=O)O)ccc1N/N=C(/C(C)=O)C(=O)Nc1ccccc1OC. The first-order valence-electron chi connectivity index (χ1n) is 8.07. The third-order valence-electron chi connectivity index (χ3n) is 3.64. The van der Waals surface area contributed by atoms with Crippen molar-refractivity contribution >= 4 is 34.7 Å². The topological polar surface area (TPSA) is 126 Å². The monoisotopic (exact) mass is 385 g/mol. The lowest BCUT2D eigenvalue weighted by Crippen LogP contribution is -2.29. The Morgan fingerprint density at radius 1 is 0.964 bits per heavy atom. The summed E-state index contributed by atoms with van der Waals surface area (Å²) >= 11 is 0. The van der Waals surface area contributed by atoms with E-state index in [0.717, 1.165) is 0 Å². The number of rotatable bonds is 8. The Morgan fingerprint density at radius 2 is 1.64 bits per heavy atom. The fraction of sp³-hybridized carbons (Fsp3) is 0.158. The summed E-state index contributed by atoms with van der Waals surface area (Å²) in [5.74, 6) is -1.80. The summed E-state index contributed by atoms with van der Waals surface area (Å²) in [6.45, 7) is 1.20. The van der Waals surface area contributed by atoms with Gasteiger partial charge in [0.15, 0.2) is 11.5 Å². The summed E-state index contributed by atoms with van der Waals surface area (Å²) in [6, 6.07) is 10.8. The number of carbonyl (C=O) groups excluding carboxylic acids is 2. The number of nitrogens with one attached hydrogen (secondary N) is 2. The summed E-state index contributed by atoms with van der Waals surface area (Å²) in [5.41, 5.74) is 2.88. The molecule has 9 heteroatoms. The van der Waals surface area contributed by atoms with Crippen molar-refractivity contribution in [3.05, 3.63) is 48.0 Å². The molecule has 2 aromatic carbocycles. The number of Topliss-reactive ketones (excluding diaryl/α,β-unsaturated/α-hetero) is 1. The molecule has 0 unspecified atom stereocenters. The highest BCUT2D eigenvalue weighted by atomic mass is 16.5. The summed E-state index contributed by atoms with van der Waals surface area (Å²) < 4.78 is 10.3. The van der Waals surface area contributed by atoms with E-state index in [1.807, 2.05) is 0 Å². The summed E-state index contributed by atoms with van der Waals surface area (Å²) in [4.78, 5) is 35.4. The molecule has 0 aliphatic rings. The molecule has 146 valence electrons. The van der Waals surface area contributed by atoms with E-state index in [1.165, 1.54) is 39.3 Å². The normalized spacial score (nSPS) is 10.8. The number of hydrazone groups is 1. The number of hydrogen-bond acceptors (Lipinski definition) is 7. The van der Waals surface area contributed by atoms with Crippen LogP contribution in [-0.4, -0.2) is 42.7 Å². The maximum atomic E-state index is 12.5. The minimum absolute atomic E-state index is 0.0205. The summed E-state index contributed by atoms with van der Waals surface area (Å²) in [6.07, 6.45) is 0. The van der Waals surface area contributed by atoms with Gasteiger partial charge in [0.25, 0.3) is 5.91 Å². The van der Waals surface area contributed by atoms with Crippen molar-refractivity contribution in [2.45, 2.75) is 6.92 Å². The Kier molecular flexibility index (Phi) is 6.69. The fourth-order valence-electron chi connectivity index (χ4n) is 2.25. The number of aromatic carboxylic acids is 1. The maximum Gasteiger partial charge on any atom is 0.335 e. The van der Waals surface area contributed by atoms with Crippen molar-refractivity contribution < 1.29 is 29.0 Å². The second kappa shape index (κ2) is 9.17. The van der Waals surface area contributed by atoms with Crippen LogP contribution in [0.5, 0.6) is 11.5 Å². The number of para-hydroxylation sites is 2. The van der Waals surface area contributed by atoms with Crippen LogP contribution < -0.4 is 20.2 Å². The van der Waals surface area contributed by atoms with E-state index >= 15 is 0 Å². The van der Waals surface area contributed by atoms with Gasteiger partial charge in [-0.3, -0.25) is 15.0 Å². The Morgan fingerprint density at radius 3 is 2.25 bits per heavy atom. The lowest BCUT2D eigenvalue weighted by Gasteiger charge is -2.11. The van der Waals surface area contributed by atoms with Gasteiger partial charge in [-0.2, -0.15) is 5.10 Å². The number of methoxy groups -OCH3 is 2. The maximum absolute atomic E-state index is 12.5. The number of hydrogen-bond donors (Lipinski definition) is 3. The van der Waals surface area contributed by atoms with Crippen molar-refractivity contribution in [1.82, 2.24) is 0 Å². The first-order chi connectivity index (χ1) is 13.4. The molecule has 0 atom stereocenters. The Hall–Kier alpha value is -3.88. The number of amides is 1. The van der Waals surface area contributed by atoms with E-state index in [0.29, 0.717) is 11.4 Å². The quantitative estimate of drug-likeness (QED) is 0.362. The van der Waals surface area contributed by atoms with Crippen molar-refractivity contribution in [1.29, 1.82) is 0 Å². The molecule has 2 rings (SSSR count). The molecule has 0 heterocycles. The summed E-state index contributed by atoms with van der Waals surface area (Å²) in [7, 11) is 2.82. The molecule has 0 aliphatic heterocycles.